The molecule has 0 saturated carbocycles. The van der Waals surface area contributed by atoms with E-state index >= 15 is 0 Å². The summed E-state index contributed by atoms with van der Waals surface area (Å²) in [5.41, 5.74) is 2.32. The number of pyridine rings is 2. The minimum Gasteiger partial charge on any atom is -0.320 e. The zero-order valence-electron chi connectivity index (χ0n) is 7.67. The molecule has 4 heteroatoms. The fraction of sp³-hybridized carbons (Fsp3) is 0.200. The second-order valence-electron chi connectivity index (χ2n) is 3.02. The number of hydrogen-bond donors (Lipinski definition) is 1. The van der Waals surface area contributed by atoms with Crippen LogP contribution in [0.25, 0.3) is 11.0 Å². The van der Waals surface area contributed by atoms with E-state index in [0.717, 1.165) is 23.0 Å². The first kappa shape index (κ1) is 9.21. The number of H-pyrrole nitrogens is 1. The molecule has 3 nitrogen and oxygen atoms in total. The van der Waals surface area contributed by atoms with Crippen molar-refractivity contribution in [3.8, 4) is 0 Å². The molecule has 72 valence electrons. The summed E-state index contributed by atoms with van der Waals surface area (Å²) in [7, 11) is 0. The molecule has 0 radical (unpaired) electrons. The van der Waals surface area contributed by atoms with Gasteiger partial charge in [-0.3, -0.25) is 9.78 Å². The van der Waals surface area contributed by atoms with E-state index in [1.165, 1.54) is 6.07 Å². The van der Waals surface area contributed by atoms with Gasteiger partial charge in [0.25, 0.3) is 0 Å². The molecule has 0 fully saturated rings. The molecule has 0 saturated heterocycles. The van der Waals surface area contributed by atoms with Crippen LogP contribution in [0.15, 0.2) is 23.1 Å². The van der Waals surface area contributed by atoms with Gasteiger partial charge in [0.05, 0.1) is 16.1 Å². The minimum atomic E-state index is -0.128. The maximum Gasteiger partial charge on any atom is 0.248 e. The minimum absolute atomic E-state index is 0.128. The average molecular weight is 209 g/mol. The van der Waals surface area contributed by atoms with E-state index in [0.29, 0.717) is 5.02 Å². The number of rotatable bonds is 1. The van der Waals surface area contributed by atoms with Crippen molar-refractivity contribution in [3.05, 3.63) is 39.3 Å². The Morgan fingerprint density at radius 2 is 2.29 bits per heavy atom. The molecule has 2 aromatic heterocycles. The lowest BCUT2D eigenvalue weighted by molar-refractivity contribution is 1.12. The third kappa shape index (κ3) is 1.40. The number of halogens is 1. The normalized spacial score (nSPS) is 10.7. The van der Waals surface area contributed by atoms with E-state index in [1.54, 1.807) is 12.3 Å². The van der Waals surface area contributed by atoms with Crippen molar-refractivity contribution in [1.29, 1.82) is 0 Å². The molecular weight excluding hydrogens is 200 g/mol. The van der Waals surface area contributed by atoms with Gasteiger partial charge in [0.2, 0.25) is 5.56 Å². The van der Waals surface area contributed by atoms with Gasteiger partial charge in [0, 0.05) is 12.3 Å². The van der Waals surface area contributed by atoms with Crippen molar-refractivity contribution in [2.75, 3.05) is 0 Å². The van der Waals surface area contributed by atoms with Gasteiger partial charge in [0.1, 0.15) is 0 Å². The summed E-state index contributed by atoms with van der Waals surface area (Å²) in [6.07, 6.45) is 2.39. The van der Waals surface area contributed by atoms with Crippen LogP contribution in [0.2, 0.25) is 5.02 Å². The molecule has 0 bridgehead atoms. The van der Waals surface area contributed by atoms with Gasteiger partial charge < -0.3 is 4.98 Å². The summed E-state index contributed by atoms with van der Waals surface area (Å²) in [5, 5.41) is 0.599. The Morgan fingerprint density at radius 1 is 1.50 bits per heavy atom. The van der Waals surface area contributed by atoms with Crippen LogP contribution in [0.5, 0.6) is 0 Å². The summed E-state index contributed by atoms with van der Waals surface area (Å²) in [6.45, 7) is 1.99. The van der Waals surface area contributed by atoms with E-state index in [1.807, 2.05) is 6.92 Å². The summed E-state index contributed by atoms with van der Waals surface area (Å²) in [4.78, 5) is 18.0. The molecule has 0 spiro atoms. The maximum atomic E-state index is 11.1. The largest absolute Gasteiger partial charge is 0.320 e. The van der Waals surface area contributed by atoms with Gasteiger partial charge >= 0.3 is 0 Å². The van der Waals surface area contributed by atoms with Crippen LogP contribution in [0, 0.1) is 0 Å². The lowest BCUT2D eigenvalue weighted by atomic mass is 10.1. The first-order chi connectivity index (χ1) is 6.72. The predicted molar refractivity (Wildman–Crippen MR) is 56.8 cm³/mol. The molecule has 0 aliphatic rings. The molecule has 1 N–H and O–H groups in total. The Balaban J connectivity index is 2.91. The van der Waals surface area contributed by atoms with Crippen LogP contribution in [-0.2, 0) is 6.42 Å². The van der Waals surface area contributed by atoms with Crippen molar-refractivity contribution >= 4 is 22.6 Å². The van der Waals surface area contributed by atoms with Crippen LogP contribution in [-0.4, -0.2) is 9.97 Å². The number of aryl methyl sites for hydroxylation is 1. The Hall–Kier alpha value is -1.35. The molecule has 14 heavy (non-hydrogen) atoms. The molecule has 2 heterocycles. The topological polar surface area (TPSA) is 45.8 Å². The predicted octanol–water partition coefficient (Wildman–Crippen LogP) is 2.14. The molecule has 0 aliphatic carbocycles. The molecule has 0 aliphatic heterocycles. The highest BCUT2D eigenvalue weighted by Crippen LogP contribution is 2.21. The SMILES string of the molecule is CCc1c(Cl)cnc2ccc(=O)[nH]c12. The van der Waals surface area contributed by atoms with Crippen LogP contribution in [0.3, 0.4) is 0 Å². The van der Waals surface area contributed by atoms with Crippen molar-refractivity contribution < 1.29 is 0 Å². The molecule has 0 atom stereocenters. The standard InChI is InChI=1S/C10H9ClN2O/c1-2-6-7(11)5-12-8-3-4-9(14)13-10(6)8/h3-5H,2H2,1H3,(H,13,14). The van der Waals surface area contributed by atoms with Gasteiger partial charge in [-0.05, 0) is 18.1 Å². The van der Waals surface area contributed by atoms with Crippen molar-refractivity contribution in [2.24, 2.45) is 0 Å². The summed E-state index contributed by atoms with van der Waals surface area (Å²) >= 11 is 5.97. The fourth-order valence-corrected chi connectivity index (χ4v) is 1.75. The van der Waals surface area contributed by atoms with E-state index in [4.69, 9.17) is 11.6 Å². The Bertz CT molecular complexity index is 533. The van der Waals surface area contributed by atoms with E-state index in [-0.39, 0.29) is 5.56 Å². The number of hydrogen-bond acceptors (Lipinski definition) is 2. The number of nitrogens with one attached hydrogen (secondary N) is 1. The number of aromatic nitrogens is 2. The van der Waals surface area contributed by atoms with Crippen LogP contribution < -0.4 is 5.56 Å². The second-order valence-corrected chi connectivity index (χ2v) is 3.43. The Morgan fingerprint density at radius 3 is 3.00 bits per heavy atom. The molecule has 2 aromatic rings. The smallest absolute Gasteiger partial charge is 0.248 e. The highest BCUT2D eigenvalue weighted by molar-refractivity contribution is 6.32. The highest BCUT2D eigenvalue weighted by Gasteiger charge is 2.05. The monoisotopic (exact) mass is 208 g/mol. The molecule has 0 aromatic carbocycles. The Labute approximate surface area is 85.7 Å². The van der Waals surface area contributed by atoms with E-state index in [9.17, 15) is 4.79 Å². The zero-order valence-corrected chi connectivity index (χ0v) is 8.43. The molecule has 2 rings (SSSR count). The number of aromatic amines is 1. The quantitative estimate of drug-likeness (QED) is 0.781. The number of fused-ring (bicyclic) bond motifs is 1. The zero-order chi connectivity index (χ0) is 10.1. The molecular formula is C10H9ClN2O. The highest BCUT2D eigenvalue weighted by atomic mass is 35.5. The summed E-state index contributed by atoms with van der Waals surface area (Å²) < 4.78 is 0. The van der Waals surface area contributed by atoms with Gasteiger partial charge in [-0.1, -0.05) is 18.5 Å². The first-order valence-electron chi connectivity index (χ1n) is 4.38. The van der Waals surface area contributed by atoms with Gasteiger partial charge in [-0.2, -0.15) is 0 Å². The number of nitrogens with zero attached hydrogens (tertiary/aromatic N) is 1. The maximum absolute atomic E-state index is 11.1. The third-order valence-electron chi connectivity index (χ3n) is 2.16. The summed E-state index contributed by atoms with van der Waals surface area (Å²) in [6, 6.07) is 3.16. The first-order valence-corrected chi connectivity index (χ1v) is 4.76. The van der Waals surface area contributed by atoms with Gasteiger partial charge in [0.15, 0.2) is 0 Å². The van der Waals surface area contributed by atoms with E-state index in [2.05, 4.69) is 9.97 Å². The van der Waals surface area contributed by atoms with Crippen molar-refractivity contribution in [3.63, 3.8) is 0 Å². The summed E-state index contributed by atoms with van der Waals surface area (Å²) in [5.74, 6) is 0. The van der Waals surface area contributed by atoms with Crippen molar-refractivity contribution in [2.45, 2.75) is 13.3 Å². The molecule has 0 amide bonds. The van der Waals surface area contributed by atoms with Crippen molar-refractivity contribution in [1.82, 2.24) is 9.97 Å². The molecule has 0 unspecified atom stereocenters. The second kappa shape index (κ2) is 3.42. The Kier molecular flexibility index (Phi) is 2.25. The van der Waals surface area contributed by atoms with Crippen LogP contribution in [0.1, 0.15) is 12.5 Å². The van der Waals surface area contributed by atoms with Crippen LogP contribution >= 0.6 is 11.6 Å². The van der Waals surface area contributed by atoms with Gasteiger partial charge in [-0.15, -0.1) is 0 Å². The van der Waals surface area contributed by atoms with Gasteiger partial charge in [-0.25, -0.2) is 0 Å². The third-order valence-corrected chi connectivity index (χ3v) is 2.48. The lowest BCUT2D eigenvalue weighted by Gasteiger charge is -2.04. The average Bonchev–Trinajstić information content (AvgIpc) is 2.17. The van der Waals surface area contributed by atoms with Crippen LogP contribution in [0.4, 0.5) is 0 Å². The van der Waals surface area contributed by atoms with E-state index < -0.39 is 0 Å². The lowest BCUT2D eigenvalue weighted by Crippen LogP contribution is -2.05. The fourth-order valence-electron chi connectivity index (χ4n) is 1.47.